The van der Waals surface area contributed by atoms with Gasteiger partial charge in [0.25, 0.3) is 0 Å². The molecule has 35 heavy (non-hydrogen) atoms. The smallest absolute Gasteiger partial charge is 0.311 e. The zero-order valence-corrected chi connectivity index (χ0v) is 21.6. The fourth-order valence-corrected chi connectivity index (χ4v) is 8.73. The van der Waals surface area contributed by atoms with Crippen molar-refractivity contribution < 1.29 is 24.2 Å². The summed E-state index contributed by atoms with van der Waals surface area (Å²) in [4.78, 5) is 44.9. The number of amides is 2. The molecule has 8 heteroatoms. The van der Waals surface area contributed by atoms with Crippen LogP contribution in [0.5, 0.6) is 0 Å². The van der Waals surface area contributed by atoms with Crippen molar-refractivity contribution in [2.75, 3.05) is 19.8 Å². The molecule has 0 aromatic heterocycles. The van der Waals surface area contributed by atoms with E-state index in [4.69, 9.17) is 4.74 Å². The molecule has 0 radical (unpaired) electrons. The van der Waals surface area contributed by atoms with Crippen LogP contribution in [0.3, 0.4) is 0 Å². The van der Waals surface area contributed by atoms with Crippen molar-refractivity contribution in [2.24, 2.45) is 11.8 Å². The van der Waals surface area contributed by atoms with Crippen molar-refractivity contribution in [1.82, 2.24) is 9.80 Å². The molecule has 1 aromatic rings. The molecule has 7 nitrogen and oxygen atoms in total. The van der Waals surface area contributed by atoms with E-state index in [0.29, 0.717) is 25.9 Å². The Morgan fingerprint density at radius 2 is 2.03 bits per heavy atom. The van der Waals surface area contributed by atoms with E-state index >= 15 is 0 Å². The molecule has 1 spiro atoms. The second kappa shape index (κ2) is 9.97. The number of carbonyl (C=O) groups excluding carboxylic acids is 3. The van der Waals surface area contributed by atoms with Crippen LogP contribution < -0.4 is 0 Å². The van der Waals surface area contributed by atoms with Gasteiger partial charge in [-0.3, -0.25) is 14.4 Å². The first-order valence-electron chi connectivity index (χ1n) is 12.5. The molecule has 2 unspecified atom stereocenters. The molecule has 1 aromatic carbocycles. The first-order chi connectivity index (χ1) is 16.8. The van der Waals surface area contributed by atoms with Gasteiger partial charge in [-0.2, -0.15) is 0 Å². The lowest BCUT2D eigenvalue weighted by Crippen LogP contribution is -2.57. The van der Waals surface area contributed by atoms with Crippen LogP contribution in [0.25, 0.3) is 0 Å². The molecule has 2 amide bonds. The molecule has 3 aliphatic rings. The molecule has 3 saturated heterocycles. The molecule has 0 aliphatic carbocycles. The number of likely N-dealkylation sites (tertiary alicyclic amines) is 1. The van der Waals surface area contributed by atoms with Crippen LogP contribution in [0.1, 0.15) is 45.6 Å². The summed E-state index contributed by atoms with van der Waals surface area (Å²) in [7, 11) is 0. The predicted octanol–water partition coefficient (Wildman–Crippen LogP) is 3.02. The maximum Gasteiger partial charge on any atom is 0.311 e. The topological polar surface area (TPSA) is 87.2 Å². The Bertz CT molecular complexity index is 983. The quantitative estimate of drug-likeness (QED) is 0.393. The first kappa shape index (κ1) is 25.8. The van der Waals surface area contributed by atoms with Crippen molar-refractivity contribution >= 4 is 29.5 Å². The van der Waals surface area contributed by atoms with Crippen LogP contribution in [0, 0.1) is 11.8 Å². The average Bonchev–Trinajstić information content (AvgIpc) is 3.41. The van der Waals surface area contributed by atoms with Gasteiger partial charge >= 0.3 is 5.97 Å². The van der Waals surface area contributed by atoms with Gasteiger partial charge in [-0.05, 0) is 38.7 Å². The summed E-state index contributed by atoms with van der Waals surface area (Å²) in [6.45, 7) is 10.3. The molecule has 3 fully saturated rings. The number of esters is 1. The van der Waals surface area contributed by atoms with Gasteiger partial charge < -0.3 is 19.6 Å². The molecule has 1 N–H and O–H groups in total. The van der Waals surface area contributed by atoms with Gasteiger partial charge in [-0.25, -0.2) is 0 Å². The Morgan fingerprint density at radius 3 is 2.63 bits per heavy atom. The molecule has 0 saturated carbocycles. The lowest BCUT2D eigenvalue weighted by Gasteiger charge is -2.39. The van der Waals surface area contributed by atoms with Crippen LogP contribution in [-0.2, 0) is 25.7 Å². The number of aliphatic hydroxyl groups is 1. The standard InChI is InChI=1S/C27H36N2O5S/c1-5-15-28(16-18-11-9-8-10-12-18)24(32)22-27-14-13-26(4,35-27)21(25(33)34-7-3)20(27)23(31)29(22)19(6-2)17-30/h5,8-12,19-22,30H,1,6-7,13-17H2,2-4H3/t19-,20-,21+,22?,26-,27?/m0/s1. The minimum Gasteiger partial charge on any atom is -0.466 e. The second-order valence-corrected chi connectivity index (χ2v) is 11.9. The van der Waals surface area contributed by atoms with Gasteiger partial charge in [0.2, 0.25) is 11.8 Å². The Hall–Kier alpha value is -2.32. The van der Waals surface area contributed by atoms with Crippen molar-refractivity contribution in [3.63, 3.8) is 0 Å². The number of rotatable bonds is 10. The van der Waals surface area contributed by atoms with Crippen LogP contribution in [0.2, 0.25) is 0 Å². The molecular weight excluding hydrogens is 464 g/mol. The van der Waals surface area contributed by atoms with Crippen molar-refractivity contribution in [1.29, 1.82) is 0 Å². The summed E-state index contributed by atoms with van der Waals surface area (Å²) in [6.07, 6.45) is 3.62. The van der Waals surface area contributed by atoms with Crippen molar-refractivity contribution in [3.8, 4) is 0 Å². The minimum atomic E-state index is -0.757. The average molecular weight is 501 g/mol. The zero-order chi connectivity index (χ0) is 25.4. The number of ether oxygens (including phenoxy) is 1. The summed E-state index contributed by atoms with van der Waals surface area (Å²) >= 11 is 1.62. The Morgan fingerprint density at radius 1 is 1.31 bits per heavy atom. The van der Waals surface area contributed by atoms with Gasteiger partial charge in [-0.15, -0.1) is 18.3 Å². The third-order valence-corrected chi connectivity index (χ3v) is 9.93. The zero-order valence-electron chi connectivity index (χ0n) is 20.8. The molecule has 3 aliphatic heterocycles. The lowest BCUT2D eigenvalue weighted by molar-refractivity contribution is -0.155. The summed E-state index contributed by atoms with van der Waals surface area (Å²) in [5.74, 6) is -1.97. The SMILES string of the molecule is C=CCN(Cc1ccccc1)C(=O)C1N([C@@H](CC)CO)C(=O)[C@@H]2[C@H](C(=O)OCC)[C@]3(C)CCC12S3. The van der Waals surface area contributed by atoms with E-state index in [1.807, 2.05) is 44.2 Å². The van der Waals surface area contributed by atoms with Gasteiger partial charge in [-0.1, -0.05) is 43.3 Å². The number of hydrogen-bond acceptors (Lipinski definition) is 6. The molecule has 4 rings (SSSR count). The molecule has 190 valence electrons. The number of hydrogen-bond donors (Lipinski definition) is 1. The number of fused-ring (bicyclic) bond motifs is 1. The Balaban J connectivity index is 1.78. The van der Waals surface area contributed by atoms with Crippen LogP contribution in [-0.4, -0.2) is 74.0 Å². The molecule has 6 atom stereocenters. The first-order valence-corrected chi connectivity index (χ1v) is 13.3. The number of benzene rings is 1. The van der Waals surface area contributed by atoms with Crippen molar-refractivity contribution in [2.45, 2.75) is 68.2 Å². The number of nitrogens with zero attached hydrogens (tertiary/aromatic N) is 2. The normalized spacial score (nSPS) is 31.8. The van der Waals surface area contributed by atoms with E-state index in [1.165, 1.54) is 0 Å². The third kappa shape index (κ3) is 4.08. The van der Waals surface area contributed by atoms with E-state index in [0.717, 1.165) is 12.0 Å². The van der Waals surface area contributed by atoms with E-state index in [-0.39, 0.29) is 31.0 Å². The summed E-state index contributed by atoms with van der Waals surface area (Å²) in [5, 5.41) is 10.2. The van der Waals surface area contributed by atoms with Gasteiger partial charge in [0, 0.05) is 17.8 Å². The maximum atomic E-state index is 14.3. The molecule has 2 bridgehead atoms. The minimum absolute atomic E-state index is 0.155. The van der Waals surface area contributed by atoms with Crippen LogP contribution in [0.15, 0.2) is 43.0 Å². The number of carbonyl (C=O) groups is 3. The summed E-state index contributed by atoms with van der Waals surface area (Å²) in [6, 6.07) is 8.49. The maximum absolute atomic E-state index is 14.3. The number of thioether (sulfide) groups is 1. The molecular formula is C27H36N2O5S. The third-order valence-electron chi connectivity index (χ3n) is 7.94. The second-order valence-electron chi connectivity index (χ2n) is 9.96. The monoisotopic (exact) mass is 500 g/mol. The van der Waals surface area contributed by atoms with Gasteiger partial charge in [0.1, 0.15) is 6.04 Å². The Kier molecular flexibility index (Phi) is 7.34. The molecule has 3 heterocycles. The van der Waals surface area contributed by atoms with Gasteiger partial charge in [0.05, 0.1) is 35.8 Å². The highest BCUT2D eigenvalue weighted by molar-refractivity contribution is 8.02. The fraction of sp³-hybridized carbons (Fsp3) is 0.593. The van der Waals surface area contributed by atoms with E-state index in [2.05, 4.69) is 6.58 Å². The summed E-state index contributed by atoms with van der Waals surface area (Å²) < 4.78 is 4.24. The lowest BCUT2D eigenvalue weighted by atomic mass is 9.66. The van der Waals surface area contributed by atoms with E-state index < -0.39 is 33.4 Å². The highest BCUT2D eigenvalue weighted by Crippen LogP contribution is 2.71. The van der Waals surface area contributed by atoms with E-state index in [1.54, 1.807) is 34.6 Å². The van der Waals surface area contributed by atoms with Crippen LogP contribution >= 0.6 is 11.8 Å². The van der Waals surface area contributed by atoms with E-state index in [9.17, 15) is 19.5 Å². The largest absolute Gasteiger partial charge is 0.466 e. The number of aliphatic hydroxyl groups excluding tert-OH is 1. The Labute approximate surface area is 211 Å². The van der Waals surface area contributed by atoms with Crippen molar-refractivity contribution in [3.05, 3.63) is 48.6 Å². The van der Waals surface area contributed by atoms with Gasteiger partial charge in [0.15, 0.2) is 0 Å². The highest BCUT2D eigenvalue weighted by atomic mass is 32.2. The highest BCUT2D eigenvalue weighted by Gasteiger charge is 2.78. The fourth-order valence-electron chi connectivity index (χ4n) is 6.40. The summed E-state index contributed by atoms with van der Waals surface area (Å²) in [5.41, 5.74) is 0.988. The van der Waals surface area contributed by atoms with Crippen LogP contribution in [0.4, 0.5) is 0 Å². The predicted molar refractivity (Wildman–Crippen MR) is 135 cm³/mol.